The van der Waals surface area contributed by atoms with E-state index in [0.29, 0.717) is 5.92 Å². The summed E-state index contributed by atoms with van der Waals surface area (Å²) >= 11 is 0. The molecular formula is C13H21N. The van der Waals surface area contributed by atoms with Gasteiger partial charge in [-0.25, -0.2) is 0 Å². The lowest BCUT2D eigenvalue weighted by atomic mass is 9.94. The summed E-state index contributed by atoms with van der Waals surface area (Å²) in [6, 6.07) is 6.70. The minimum atomic E-state index is 0.190. The topological polar surface area (TPSA) is 26.0 Å². The van der Waals surface area contributed by atoms with Crippen LogP contribution in [0.25, 0.3) is 0 Å². The molecule has 1 heteroatoms. The van der Waals surface area contributed by atoms with E-state index in [0.717, 1.165) is 6.42 Å². The molecule has 0 aliphatic rings. The molecule has 1 nitrogen and oxygen atoms in total. The molecule has 0 heterocycles. The first-order chi connectivity index (χ1) is 6.50. The van der Waals surface area contributed by atoms with Crippen LogP contribution in [0.2, 0.25) is 0 Å². The van der Waals surface area contributed by atoms with Crippen LogP contribution < -0.4 is 5.73 Å². The predicted octanol–water partition coefficient (Wildman–Crippen LogP) is 3.35. The molecule has 2 N–H and O–H groups in total. The molecule has 1 rings (SSSR count). The fraction of sp³-hybridized carbons (Fsp3) is 0.538. The van der Waals surface area contributed by atoms with Gasteiger partial charge in [0, 0.05) is 6.04 Å². The third-order valence-corrected chi connectivity index (χ3v) is 2.55. The maximum Gasteiger partial charge on any atom is 0.0299 e. The molecule has 0 radical (unpaired) electrons. The van der Waals surface area contributed by atoms with Crippen LogP contribution in [0.1, 0.15) is 43.0 Å². The first kappa shape index (κ1) is 11.3. The summed E-state index contributed by atoms with van der Waals surface area (Å²) in [4.78, 5) is 0. The predicted molar refractivity (Wildman–Crippen MR) is 62.3 cm³/mol. The number of benzene rings is 1. The number of rotatable bonds is 3. The largest absolute Gasteiger partial charge is 0.324 e. The minimum Gasteiger partial charge on any atom is -0.324 e. The summed E-state index contributed by atoms with van der Waals surface area (Å²) in [5, 5.41) is 0. The average Bonchev–Trinajstić information content (AvgIpc) is 2.01. The van der Waals surface area contributed by atoms with Crippen molar-refractivity contribution in [1.82, 2.24) is 0 Å². The second-order valence-electron chi connectivity index (χ2n) is 4.60. The van der Waals surface area contributed by atoms with E-state index in [1.54, 1.807) is 0 Å². The van der Waals surface area contributed by atoms with Crippen molar-refractivity contribution in [3.05, 3.63) is 34.9 Å². The summed E-state index contributed by atoms with van der Waals surface area (Å²) in [6.07, 6.45) is 1.06. The molecule has 0 fully saturated rings. The molecule has 0 saturated heterocycles. The molecule has 0 amide bonds. The maximum atomic E-state index is 6.15. The van der Waals surface area contributed by atoms with Gasteiger partial charge in [-0.05, 0) is 37.3 Å². The Morgan fingerprint density at radius 3 is 2.36 bits per heavy atom. The van der Waals surface area contributed by atoms with Gasteiger partial charge in [0.25, 0.3) is 0 Å². The van der Waals surface area contributed by atoms with E-state index in [2.05, 4.69) is 45.9 Å². The zero-order valence-corrected chi connectivity index (χ0v) is 9.67. The summed E-state index contributed by atoms with van der Waals surface area (Å²) in [6.45, 7) is 8.68. The number of hydrogen-bond acceptors (Lipinski definition) is 1. The van der Waals surface area contributed by atoms with E-state index < -0.39 is 0 Å². The Balaban J connectivity index is 2.84. The smallest absolute Gasteiger partial charge is 0.0299 e. The van der Waals surface area contributed by atoms with Crippen molar-refractivity contribution in [2.45, 2.75) is 40.2 Å². The van der Waals surface area contributed by atoms with Gasteiger partial charge in [0.1, 0.15) is 0 Å². The standard InChI is InChI=1S/C13H21N/c1-9(2)7-13(14)12-6-5-10(3)8-11(12)4/h5-6,8-9,13H,7,14H2,1-4H3/t13-/m1/s1. The third-order valence-electron chi connectivity index (χ3n) is 2.55. The second-order valence-corrected chi connectivity index (χ2v) is 4.60. The molecule has 0 unspecified atom stereocenters. The summed E-state index contributed by atoms with van der Waals surface area (Å²) in [7, 11) is 0. The Hall–Kier alpha value is -0.820. The Morgan fingerprint density at radius 2 is 1.86 bits per heavy atom. The van der Waals surface area contributed by atoms with Gasteiger partial charge < -0.3 is 5.73 Å². The molecule has 0 spiro atoms. The first-order valence-electron chi connectivity index (χ1n) is 5.33. The van der Waals surface area contributed by atoms with Gasteiger partial charge in [-0.2, -0.15) is 0 Å². The first-order valence-corrected chi connectivity index (χ1v) is 5.33. The van der Waals surface area contributed by atoms with Crippen LogP contribution in [0.4, 0.5) is 0 Å². The lowest BCUT2D eigenvalue weighted by Crippen LogP contribution is -2.14. The van der Waals surface area contributed by atoms with E-state index in [4.69, 9.17) is 5.73 Å². The highest BCUT2D eigenvalue weighted by Crippen LogP contribution is 2.22. The second kappa shape index (κ2) is 4.61. The van der Waals surface area contributed by atoms with E-state index in [-0.39, 0.29) is 6.04 Å². The van der Waals surface area contributed by atoms with E-state index in [1.165, 1.54) is 16.7 Å². The van der Waals surface area contributed by atoms with Crippen molar-refractivity contribution in [3.63, 3.8) is 0 Å². The van der Waals surface area contributed by atoms with Gasteiger partial charge >= 0.3 is 0 Å². The zero-order chi connectivity index (χ0) is 10.7. The summed E-state index contributed by atoms with van der Waals surface area (Å²) in [5.41, 5.74) is 10.1. The lowest BCUT2D eigenvalue weighted by Gasteiger charge is -2.17. The molecule has 0 aliphatic heterocycles. The van der Waals surface area contributed by atoms with E-state index in [1.807, 2.05) is 0 Å². The van der Waals surface area contributed by atoms with Gasteiger partial charge in [0.15, 0.2) is 0 Å². The van der Waals surface area contributed by atoms with Crippen LogP contribution in [0, 0.1) is 19.8 Å². The normalized spacial score (nSPS) is 13.3. The quantitative estimate of drug-likeness (QED) is 0.779. The van der Waals surface area contributed by atoms with Crippen molar-refractivity contribution in [3.8, 4) is 0 Å². The van der Waals surface area contributed by atoms with Crippen LogP contribution in [0.15, 0.2) is 18.2 Å². The number of aryl methyl sites for hydroxylation is 2. The van der Waals surface area contributed by atoms with E-state index >= 15 is 0 Å². The SMILES string of the molecule is Cc1ccc([C@H](N)CC(C)C)c(C)c1. The molecule has 14 heavy (non-hydrogen) atoms. The van der Waals surface area contributed by atoms with Crippen LogP contribution in [-0.4, -0.2) is 0 Å². The van der Waals surface area contributed by atoms with Crippen molar-refractivity contribution >= 4 is 0 Å². The van der Waals surface area contributed by atoms with Crippen LogP contribution in [0.5, 0.6) is 0 Å². The average molecular weight is 191 g/mol. The Morgan fingerprint density at radius 1 is 1.21 bits per heavy atom. The van der Waals surface area contributed by atoms with Crippen molar-refractivity contribution in [2.24, 2.45) is 11.7 Å². The highest BCUT2D eigenvalue weighted by Gasteiger charge is 2.10. The molecular weight excluding hydrogens is 170 g/mol. The molecule has 1 atom stereocenters. The molecule has 0 aliphatic carbocycles. The van der Waals surface area contributed by atoms with Gasteiger partial charge in [-0.3, -0.25) is 0 Å². The third kappa shape index (κ3) is 2.85. The Labute approximate surface area is 87.3 Å². The van der Waals surface area contributed by atoms with Crippen molar-refractivity contribution in [2.75, 3.05) is 0 Å². The number of nitrogens with two attached hydrogens (primary N) is 1. The molecule has 78 valence electrons. The molecule has 0 bridgehead atoms. The van der Waals surface area contributed by atoms with Gasteiger partial charge in [-0.1, -0.05) is 37.6 Å². The molecule has 0 aromatic heterocycles. The van der Waals surface area contributed by atoms with E-state index in [9.17, 15) is 0 Å². The van der Waals surface area contributed by atoms with Crippen LogP contribution in [0.3, 0.4) is 0 Å². The fourth-order valence-electron chi connectivity index (χ4n) is 1.88. The summed E-state index contributed by atoms with van der Waals surface area (Å²) in [5.74, 6) is 0.658. The van der Waals surface area contributed by atoms with Crippen molar-refractivity contribution < 1.29 is 0 Å². The monoisotopic (exact) mass is 191 g/mol. The molecule has 1 aromatic rings. The minimum absolute atomic E-state index is 0.190. The Kier molecular flexibility index (Phi) is 3.70. The highest BCUT2D eigenvalue weighted by molar-refractivity contribution is 5.32. The van der Waals surface area contributed by atoms with Gasteiger partial charge in [0.2, 0.25) is 0 Å². The molecule has 1 aromatic carbocycles. The van der Waals surface area contributed by atoms with Crippen LogP contribution in [-0.2, 0) is 0 Å². The number of hydrogen-bond donors (Lipinski definition) is 1. The zero-order valence-electron chi connectivity index (χ0n) is 9.67. The molecule has 0 saturated carbocycles. The van der Waals surface area contributed by atoms with Crippen LogP contribution >= 0.6 is 0 Å². The van der Waals surface area contributed by atoms with Gasteiger partial charge in [0.05, 0.1) is 0 Å². The fourth-order valence-corrected chi connectivity index (χ4v) is 1.88. The van der Waals surface area contributed by atoms with Crippen molar-refractivity contribution in [1.29, 1.82) is 0 Å². The maximum absolute atomic E-state index is 6.15. The summed E-state index contributed by atoms with van der Waals surface area (Å²) < 4.78 is 0. The van der Waals surface area contributed by atoms with Gasteiger partial charge in [-0.15, -0.1) is 0 Å². The highest BCUT2D eigenvalue weighted by atomic mass is 14.6. The lowest BCUT2D eigenvalue weighted by molar-refractivity contribution is 0.508. The Bertz CT molecular complexity index is 302.